The molecule has 4 nitrogen and oxygen atoms in total. The SMILES string of the molecule is CN1CCN(c2ccc(Cl)cc2NC(=O)CSc2ccccc2)CC1. The maximum atomic E-state index is 12.4. The van der Waals surface area contributed by atoms with Gasteiger partial charge in [-0.05, 0) is 37.4 Å². The summed E-state index contributed by atoms with van der Waals surface area (Å²) >= 11 is 7.68. The van der Waals surface area contributed by atoms with Crippen molar-refractivity contribution in [3.05, 3.63) is 53.6 Å². The number of likely N-dealkylation sites (N-methyl/N-ethyl adjacent to an activating group) is 1. The van der Waals surface area contributed by atoms with Crippen molar-refractivity contribution in [1.82, 2.24) is 4.90 Å². The summed E-state index contributed by atoms with van der Waals surface area (Å²) < 4.78 is 0. The monoisotopic (exact) mass is 375 g/mol. The van der Waals surface area contributed by atoms with Gasteiger partial charge in [0.25, 0.3) is 0 Å². The molecule has 0 spiro atoms. The van der Waals surface area contributed by atoms with Gasteiger partial charge in [-0.2, -0.15) is 0 Å². The van der Waals surface area contributed by atoms with E-state index in [4.69, 9.17) is 11.6 Å². The molecule has 0 atom stereocenters. The summed E-state index contributed by atoms with van der Waals surface area (Å²) in [6, 6.07) is 15.6. The quantitative estimate of drug-likeness (QED) is 0.806. The molecule has 1 heterocycles. The number of hydrogen-bond acceptors (Lipinski definition) is 4. The molecule has 2 aromatic carbocycles. The van der Waals surface area contributed by atoms with Gasteiger partial charge in [-0.15, -0.1) is 11.8 Å². The molecule has 1 fully saturated rings. The van der Waals surface area contributed by atoms with Crippen LogP contribution in [-0.2, 0) is 4.79 Å². The Bertz CT molecular complexity index is 718. The van der Waals surface area contributed by atoms with Gasteiger partial charge in [0.15, 0.2) is 0 Å². The summed E-state index contributed by atoms with van der Waals surface area (Å²) in [5, 5.41) is 3.66. The van der Waals surface area contributed by atoms with Crippen molar-refractivity contribution >= 4 is 40.6 Å². The molecule has 1 N–H and O–H groups in total. The van der Waals surface area contributed by atoms with E-state index in [0.717, 1.165) is 42.4 Å². The molecule has 1 aliphatic heterocycles. The molecule has 0 aliphatic carbocycles. The molecule has 0 radical (unpaired) electrons. The van der Waals surface area contributed by atoms with E-state index >= 15 is 0 Å². The number of nitrogens with zero attached hydrogens (tertiary/aromatic N) is 2. The van der Waals surface area contributed by atoms with E-state index in [1.165, 1.54) is 11.8 Å². The maximum Gasteiger partial charge on any atom is 0.234 e. The van der Waals surface area contributed by atoms with Crippen LogP contribution >= 0.6 is 23.4 Å². The van der Waals surface area contributed by atoms with Crippen LogP contribution in [0.3, 0.4) is 0 Å². The Morgan fingerprint density at radius 2 is 1.84 bits per heavy atom. The van der Waals surface area contributed by atoms with Crippen LogP contribution in [0.1, 0.15) is 0 Å². The number of thioether (sulfide) groups is 1. The molecule has 1 amide bonds. The lowest BCUT2D eigenvalue weighted by atomic mass is 10.2. The van der Waals surface area contributed by atoms with E-state index in [2.05, 4.69) is 22.2 Å². The topological polar surface area (TPSA) is 35.6 Å². The van der Waals surface area contributed by atoms with E-state index in [9.17, 15) is 4.79 Å². The molecule has 2 aromatic rings. The van der Waals surface area contributed by atoms with E-state index in [-0.39, 0.29) is 5.91 Å². The van der Waals surface area contributed by atoms with Crippen LogP contribution < -0.4 is 10.2 Å². The maximum absolute atomic E-state index is 12.4. The third-order valence-corrected chi connectivity index (χ3v) is 5.44. The summed E-state index contributed by atoms with van der Waals surface area (Å²) in [5.74, 6) is 0.352. The summed E-state index contributed by atoms with van der Waals surface area (Å²) in [7, 11) is 2.13. The highest BCUT2D eigenvalue weighted by Crippen LogP contribution is 2.30. The average Bonchev–Trinajstić information content (AvgIpc) is 2.62. The van der Waals surface area contributed by atoms with Crippen molar-refractivity contribution in [2.75, 3.05) is 49.2 Å². The second-order valence-electron chi connectivity index (χ2n) is 6.10. The second kappa shape index (κ2) is 8.61. The number of anilines is 2. The predicted octanol–water partition coefficient (Wildman–Crippen LogP) is 3.82. The molecular formula is C19H22ClN3OS. The minimum atomic E-state index is -0.0218. The molecule has 6 heteroatoms. The number of amides is 1. The van der Waals surface area contributed by atoms with Gasteiger partial charge in [0.1, 0.15) is 0 Å². The first kappa shape index (κ1) is 18.1. The minimum absolute atomic E-state index is 0.0218. The van der Waals surface area contributed by atoms with Gasteiger partial charge in [-0.25, -0.2) is 0 Å². The van der Waals surface area contributed by atoms with Gasteiger partial charge in [-0.1, -0.05) is 29.8 Å². The molecule has 3 rings (SSSR count). The molecule has 0 unspecified atom stereocenters. The minimum Gasteiger partial charge on any atom is -0.367 e. The number of hydrogen-bond donors (Lipinski definition) is 1. The first-order chi connectivity index (χ1) is 12.1. The molecule has 1 saturated heterocycles. The van der Waals surface area contributed by atoms with E-state index in [0.29, 0.717) is 10.8 Å². The molecule has 0 saturated carbocycles. The average molecular weight is 376 g/mol. The number of carbonyl (C=O) groups is 1. The fraction of sp³-hybridized carbons (Fsp3) is 0.316. The molecule has 0 bridgehead atoms. The summed E-state index contributed by atoms with van der Waals surface area (Å²) in [4.78, 5) is 18.1. The van der Waals surface area contributed by atoms with E-state index in [1.807, 2.05) is 48.5 Å². The fourth-order valence-electron chi connectivity index (χ4n) is 2.78. The smallest absolute Gasteiger partial charge is 0.234 e. The Morgan fingerprint density at radius 3 is 2.56 bits per heavy atom. The van der Waals surface area contributed by atoms with Crippen LogP contribution in [-0.4, -0.2) is 49.8 Å². The van der Waals surface area contributed by atoms with E-state index in [1.54, 1.807) is 0 Å². The number of benzene rings is 2. The first-order valence-electron chi connectivity index (χ1n) is 8.32. The van der Waals surface area contributed by atoms with Gasteiger partial charge >= 0.3 is 0 Å². The van der Waals surface area contributed by atoms with Crippen LogP contribution in [0.25, 0.3) is 0 Å². The largest absolute Gasteiger partial charge is 0.367 e. The lowest BCUT2D eigenvalue weighted by Crippen LogP contribution is -2.44. The van der Waals surface area contributed by atoms with Gasteiger partial charge in [0, 0.05) is 36.1 Å². The Hall–Kier alpha value is -1.69. The molecular weight excluding hydrogens is 354 g/mol. The van der Waals surface area contributed by atoms with Crippen LogP contribution in [0.5, 0.6) is 0 Å². The van der Waals surface area contributed by atoms with Crippen molar-refractivity contribution in [3.63, 3.8) is 0 Å². The van der Waals surface area contributed by atoms with Gasteiger partial charge in [0.05, 0.1) is 17.1 Å². The predicted molar refractivity (Wildman–Crippen MR) is 107 cm³/mol. The summed E-state index contributed by atoms with van der Waals surface area (Å²) in [6.45, 7) is 3.92. The highest BCUT2D eigenvalue weighted by molar-refractivity contribution is 8.00. The number of rotatable bonds is 5. The van der Waals surface area contributed by atoms with Crippen molar-refractivity contribution in [3.8, 4) is 0 Å². The third-order valence-electron chi connectivity index (χ3n) is 4.19. The summed E-state index contributed by atoms with van der Waals surface area (Å²) in [5.41, 5.74) is 1.83. The van der Waals surface area contributed by atoms with Gasteiger partial charge in [-0.3, -0.25) is 4.79 Å². The van der Waals surface area contributed by atoms with E-state index < -0.39 is 0 Å². The molecule has 1 aliphatic rings. The van der Waals surface area contributed by atoms with Crippen molar-refractivity contribution < 1.29 is 4.79 Å². The number of halogens is 1. The lowest BCUT2D eigenvalue weighted by molar-refractivity contribution is -0.113. The van der Waals surface area contributed by atoms with Crippen LogP contribution in [0.2, 0.25) is 5.02 Å². The molecule has 25 heavy (non-hydrogen) atoms. The normalized spacial score (nSPS) is 15.2. The zero-order valence-electron chi connectivity index (χ0n) is 14.2. The summed E-state index contributed by atoms with van der Waals surface area (Å²) in [6.07, 6.45) is 0. The van der Waals surface area contributed by atoms with Crippen LogP contribution in [0.4, 0.5) is 11.4 Å². The Labute approximate surface area is 158 Å². The zero-order chi connectivity index (χ0) is 17.6. The number of piperazine rings is 1. The van der Waals surface area contributed by atoms with Crippen molar-refractivity contribution in [2.24, 2.45) is 0 Å². The van der Waals surface area contributed by atoms with Crippen LogP contribution in [0.15, 0.2) is 53.4 Å². The molecule has 132 valence electrons. The van der Waals surface area contributed by atoms with Gasteiger partial charge in [0.2, 0.25) is 5.91 Å². The standard InChI is InChI=1S/C19H22ClN3OS/c1-22-9-11-23(12-10-22)18-8-7-15(20)13-17(18)21-19(24)14-25-16-5-3-2-4-6-16/h2-8,13H,9-12,14H2,1H3,(H,21,24). The van der Waals surface area contributed by atoms with Gasteiger partial charge < -0.3 is 15.1 Å². The number of nitrogens with one attached hydrogen (secondary N) is 1. The number of carbonyl (C=O) groups excluding carboxylic acids is 1. The zero-order valence-corrected chi connectivity index (χ0v) is 15.8. The second-order valence-corrected chi connectivity index (χ2v) is 7.59. The third kappa shape index (κ3) is 5.14. The van der Waals surface area contributed by atoms with Crippen LogP contribution in [0, 0.1) is 0 Å². The van der Waals surface area contributed by atoms with Crippen molar-refractivity contribution in [1.29, 1.82) is 0 Å². The molecule has 0 aromatic heterocycles. The van der Waals surface area contributed by atoms with Crippen molar-refractivity contribution in [2.45, 2.75) is 4.90 Å². The first-order valence-corrected chi connectivity index (χ1v) is 9.69. The highest BCUT2D eigenvalue weighted by Gasteiger charge is 2.18. The Morgan fingerprint density at radius 1 is 1.12 bits per heavy atom. The lowest BCUT2D eigenvalue weighted by Gasteiger charge is -2.35. The fourth-order valence-corrected chi connectivity index (χ4v) is 3.67. The highest BCUT2D eigenvalue weighted by atomic mass is 35.5. The Balaban J connectivity index is 1.66. The Kier molecular flexibility index (Phi) is 6.24.